The Bertz CT molecular complexity index is 649. The van der Waals surface area contributed by atoms with Crippen molar-refractivity contribution in [1.82, 2.24) is 4.98 Å². The predicted molar refractivity (Wildman–Crippen MR) is 71.9 cm³/mol. The maximum atomic E-state index is 11.8. The van der Waals surface area contributed by atoms with Crippen LogP contribution in [0.25, 0.3) is 0 Å². The van der Waals surface area contributed by atoms with E-state index >= 15 is 0 Å². The highest BCUT2D eigenvalue weighted by Crippen LogP contribution is 2.17. The summed E-state index contributed by atoms with van der Waals surface area (Å²) in [5.74, 6) is -1.33. The van der Waals surface area contributed by atoms with Gasteiger partial charge < -0.3 is 15.4 Å². The Hall–Kier alpha value is -2.27. The summed E-state index contributed by atoms with van der Waals surface area (Å²) < 4.78 is 0. The molecule has 19 heavy (non-hydrogen) atoms. The van der Waals surface area contributed by atoms with E-state index in [1.54, 1.807) is 19.1 Å². The SMILES string of the molecule is Cc1cc(NC(=O)c2cc(Cl)c[nH]2)ccc1C(=O)O. The molecule has 3 N–H and O–H groups in total. The zero-order valence-corrected chi connectivity index (χ0v) is 10.8. The Morgan fingerprint density at radius 2 is 2.05 bits per heavy atom. The number of carbonyl (C=O) groups is 2. The molecule has 98 valence electrons. The number of carboxylic acids is 1. The van der Waals surface area contributed by atoms with E-state index < -0.39 is 5.97 Å². The first-order valence-electron chi connectivity index (χ1n) is 5.46. The number of aromatic carboxylic acids is 1. The smallest absolute Gasteiger partial charge is 0.335 e. The molecule has 0 spiro atoms. The first-order valence-corrected chi connectivity index (χ1v) is 5.84. The average molecular weight is 279 g/mol. The normalized spacial score (nSPS) is 10.2. The van der Waals surface area contributed by atoms with Crippen molar-refractivity contribution in [3.05, 3.63) is 52.3 Å². The summed E-state index contributed by atoms with van der Waals surface area (Å²) in [6.45, 7) is 1.67. The van der Waals surface area contributed by atoms with Gasteiger partial charge in [-0.15, -0.1) is 0 Å². The highest BCUT2D eigenvalue weighted by molar-refractivity contribution is 6.31. The second-order valence-corrected chi connectivity index (χ2v) is 4.46. The number of hydrogen-bond acceptors (Lipinski definition) is 2. The molecule has 1 aromatic heterocycles. The lowest BCUT2D eigenvalue weighted by Gasteiger charge is -2.06. The van der Waals surface area contributed by atoms with Crippen molar-refractivity contribution < 1.29 is 14.7 Å². The summed E-state index contributed by atoms with van der Waals surface area (Å²) in [5, 5.41) is 12.0. The summed E-state index contributed by atoms with van der Waals surface area (Å²) >= 11 is 5.71. The van der Waals surface area contributed by atoms with Gasteiger partial charge in [-0.05, 0) is 36.8 Å². The minimum absolute atomic E-state index is 0.209. The molecule has 0 aliphatic carbocycles. The van der Waals surface area contributed by atoms with Crippen LogP contribution >= 0.6 is 11.6 Å². The van der Waals surface area contributed by atoms with Crippen LogP contribution in [-0.4, -0.2) is 22.0 Å². The van der Waals surface area contributed by atoms with E-state index in [0.29, 0.717) is 22.0 Å². The molecule has 0 aliphatic heterocycles. The third-order valence-corrected chi connectivity index (χ3v) is 2.83. The summed E-state index contributed by atoms with van der Waals surface area (Å²) in [5.41, 5.74) is 1.65. The lowest BCUT2D eigenvalue weighted by Crippen LogP contribution is -2.12. The number of carboxylic acid groups (broad SMARTS) is 1. The van der Waals surface area contributed by atoms with Crippen LogP contribution in [0, 0.1) is 6.92 Å². The molecule has 5 nitrogen and oxygen atoms in total. The third-order valence-electron chi connectivity index (χ3n) is 2.61. The molecular formula is C13H11ClN2O3. The first kappa shape index (κ1) is 13.2. The predicted octanol–water partition coefficient (Wildman–Crippen LogP) is 2.93. The van der Waals surface area contributed by atoms with Crippen molar-refractivity contribution in [2.75, 3.05) is 5.32 Å². The van der Waals surface area contributed by atoms with Gasteiger partial charge in [0.2, 0.25) is 0 Å². The van der Waals surface area contributed by atoms with Gasteiger partial charge in [0.15, 0.2) is 0 Å². The highest BCUT2D eigenvalue weighted by Gasteiger charge is 2.11. The molecule has 0 fully saturated rings. The van der Waals surface area contributed by atoms with Gasteiger partial charge in [0.1, 0.15) is 5.69 Å². The number of aryl methyl sites for hydroxylation is 1. The molecule has 0 aliphatic rings. The first-order chi connectivity index (χ1) is 8.97. The number of carbonyl (C=O) groups excluding carboxylic acids is 1. The van der Waals surface area contributed by atoms with Gasteiger partial charge in [0.05, 0.1) is 10.6 Å². The number of amides is 1. The lowest BCUT2D eigenvalue weighted by atomic mass is 10.1. The van der Waals surface area contributed by atoms with Gasteiger partial charge in [-0.2, -0.15) is 0 Å². The quantitative estimate of drug-likeness (QED) is 0.807. The number of nitrogens with one attached hydrogen (secondary N) is 2. The van der Waals surface area contributed by atoms with Crippen molar-refractivity contribution in [2.45, 2.75) is 6.92 Å². The molecule has 1 heterocycles. The molecule has 0 atom stereocenters. The topological polar surface area (TPSA) is 82.2 Å². The van der Waals surface area contributed by atoms with Gasteiger partial charge in [-0.25, -0.2) is 4.79 Å². The van der Waals surface area contributed by atoms with Crippen LogP contribution in [0.15, 0.2) is 30.5 Å². The second-order valence-electron chi connectivity index (χ2n) is 4.02. The van der Waals surface area contributed by atoms with E-state index in [2.05, 4.69) is 10.3 Å². The molecule has 6 heteroatoms. The fourth-order valence-corrected chi connectivity index (χ4v) is 1.84. The van der Waals surface area contributed by atoms with Crippen LogP contribution in [-0.2, 0) is 0 Å². The van der Waals surface area contributed by atoms with Crippen molar-refractivity contribution in [3.8, 4) is 0 Å². The Morgan fingerprint density at radius 1 is 1.32 bits per heavy atom. The van der Waals surface area contributed by atoms with Crippen LogP contribution in [0.4, 0.5) is 5.69 Å². The van der Waals surface area contributed by atoms with E-state index in [1.165, 1.54) is 18.3 Å². The van der Waals surface area contributed by atoms with Gasteiger partial charge in [-0.3, -0.25) is 4.79 Å². The molecule has 0 bridgehead atoms. The van der Waals surface area contributed by atoms with Gasteiger partial charge in [0, 0.05) is 11.9 Å². The summed E-state index contributed by atoms with van der Waals surface area (Å²) in [4.78, 5) is 25.4. The molecule has 2 rings (SSSR count). The van der Waals surface area contributed by atoms with E-state index in [9.17, 15) is 9.59 Å². The van der Waals surface area contributed by atoms with Crippen LogP contribution in [0.3, 0.4) is 0 Å². The molecule has 0 saturated carbocycles. The van der Waals surface area contributed by atoms with Crippen LogP contribution < -0.4 is 5.32 Å². The van der Waals surface area contributed by atoms with Gasteiger partial charge in [0.25, 0.3) is 5.91 Å². The Kier molecular flexibility index (Phi) is 3.57. The second kappa shape index (κ2) is 5.16. The zero-order valence-electron chi connectivity index (χ0n) is 10.0. The number of halogens is 1. The van der Waals surface area contributed by atoms with Crippen molar-refractivity contribution >= 4 is 29.2 Å². The summed E-state index contributed by atoms with van der Waals surface area (Å²) in [7, 11) is 0. The number of anilines is 1. The number of benzene rings is 1. The number of hydrogen-bond donors (Lipinski definition) is 3. The number of rotatable bonds is 3. The molecular weight excluding hydrogens is 268 g/mol. The summed E-state index contributed by atoms with van der Waals surface area (Å²) in [6, 6.07) is 6.11. The molecule has 0 saturated heterocycles. The number of H-pyrrole nitrogens is 1. The van der Waals surface area contributed by atoms with E-state index in [-0.39, 0.29) is 11.5 Å². The third kappa shape index (κ3) is 2.95. The minimum Gasteiger partial charge on any atom is -0.478 e. The van der Waals surface area contributed by atoms with E-state index in [1.807, 2.05) is 0 Å². The fraction of sp³-hybridized carbons (Fsp3) is 0.0769. The Balaban J connectivity index is 2.18. The Labute approximate surface area is 114 Å². The van der Waals surface area contributed by atoms with Crippen molar-refractivity contribution in [2.24, 2.45) is 0 Å². The average Bonchev–Trinajstić information content (AvgIpc) is 2.75. The molecule has 1 aromatic carbocycles. The Morgan fingerprint density at radius 3 is 2.58 bits per heavy atom. The van der Waals surface area contributed by atoms with Gasteiger partial charge in [-0.1, -0.05) is 11.6 Å². The fourth-order valence-electron chi connectivity index (χ4n) is 1.68. The zero-order chi connectivity index (χ0) is 14.0. The molecule has 0 radical (unpaired) electrons. The minimum atomic E-state index is -0.994. The summed E-state index contributed by atoms with van der Waals surface area (Å²) in [6.07, 6.45) is 1.51. The highest BCUT2D eigenvalue weighted by atomic mass is 35.5. The van der Waals surface area contributed by atoms with Crippen LogP contribution in [0.2, 0.25) is 5.02 Å². The largest absolute Gasteiger partial charge is 0.478 e. The van der Waals surface area contributed by atoms with Crippen molar-refractivity contribution in [1.29, 1.82) is 0 Å². The monoisotopic (exact) mass is 278 g/mol. The van der Waals surface area contributed by atoms with E-state index in [0.717, 1.165) is 0 Å². The van der Waals surface area contributed by atoms with Crippen LogP contribution in [0.1, 0.15) is 26.4 Å². The molecule has 0 unspecified atom stereocenters. The standard InChI is InChI=1S/C13H11ClN2O3/c1-7-4-9(2-3-10(7)13(18)19)16-12(17)11-5-8(14)6-15-11/h2-6,15H,1H3,(H,16,17)(H,18,19). The van der Waals surface area contributed by atoms with Gasteiger partial charge >= 0.3 is 5.97 Å². The van der Waals surface area contributed by atoms with E-state index in [4.69, 9.17) is 16.7 Å². The molecule has 1 amide bonds. The van der Waals surface area contributed by atoms with Crippen molar-refractivity contribution in [3.63, 3.8) is 0 Å². The van der Waals surface area contributed by atoms with Crippen LogP contribution in [0.5, 0.6) is 0 Å². The molecule has 2 aromatic rings. The number of aromatic amines is 1. The number of aromatic nitrogens is 1. The maximum absolute atomic E-state index is 11.8. The lowest BCUT2D eigenvalue weighted by molar-refractivity contribution is 0.0696. The maximum Gasteiger partial charge on any atom is 0.335 e.